The van der Waals surface area contributed by atoms with E-state index in [1.54, 1.807) is 20.8 Å². The molecule has 0 aliphatic rings. The SMILES string of the molecule is COc1ccc(F)cc1C(O)Cn1cc(/C(C)=N/OC(C)C)c(=O)n(Cc2nc(C(C)C)no2)c1=O. The third kappa shape index (κ3) is 6.06. The lowest BCUT2D eigenvalue weighted by atomic mass is 10.1. The van der Waals surface area contributed by atoms with Crippen LogP contribution in [0, 0.1) is 5.82 Å². The minimum Gasteiger partial charge on any atom is -0.496 e. The number of aliphatic hydroxyl groups excluding tert-OH is 1. The zero-order valence-corrected chi connectivity index (χ0v) is 21.1. The van der Waals surface area contributed by atoms with Gasteiger partial charge in [-0.1, -0.05) is 24.2 Å². The molecule has 0 amide bonds. The lowest BCUT2D eigenvalue weighted by Crippen LogP contribution is -2.43. The molecule has 2 heterocycles. The highest BCUT2D eigenvalue weighted by molar-refractivity contribution is 5.97. The largest absolute Gasteiger partial charge is 0.496 e. The summed E-state index contributed by atoms with van der Waals surface area (Å²) in [5.74, 6) is 0.170. The Morgan fingerprint density at radius 1 is 1.25 bits per heavy atom. The molecule has 0 radical (unpaired) electrons. The van der Waals surface area contributed by atoms with E-state index in [9.17, 15) is 19.1 Å². The Morgan fingerprint density at radius 2 is 1.97 bits per heavy atom. The average Bonchev–Trinajstić information content (AvgIpc) is 3.31. The van der Waals surface area contributed by atoms with Gasteiger partial charge >= 0.3 is 5.69 Å². The van der Waals surface area contributed by atoms with Gasteiger partial charge in [0.15, 0.2) is 5.82 Å². The summed E-state index contributed by atoms with van der Waals surface area (Å²) in [4.78, 5) is 36.1. The number of hydrogen-bond donors (Lipinski definition) is 1. The van der Waals surface area contributed by atoms with E-state index < -0.39 is 23.2 Å². The Morgan fingerprint density at radius 3 is 2.58 bits per heavy atom. The zero-order valence-electron chi connectivity index (χ0n) is 21.1. The number of benzene rings is 1. The van der Waals surface area contributed by atoms with Crippen molar-refractivity contribution in [1.82, 2.24) is 19.3 Å². The summed E-state index contributed by atoms with van der Waals surface area (Å²) in [6, 6.07) is 3.70. The Kier molecular flexibility index (Phi) is 8.41. The van der Waals surface area contributed by atoms with E-state index >= 15 is 0 Å². The van der Waals surface area contributed by atoms with Gasteiger partial charge in [-0.05, 0) is 39.0 Å². The van der Waals surface area contributed by atoms with E-state index in [0.29, 0.717) is 5.82 Å². The van der Waals surface area contributed by atoms with Gasteiger partial charge in [0.05, 0.1) is 24.9 Å². The lowest BCUT2D eigenvalue weighted by molar-refractivity contribution is 0.0859. The second kappa shape index (κ2) is 11.3. The highest BCUT2D eigenvalue weighted by atomic mass is 19.1. The van der Waals surface area contributed by atoms with E-state index in [-0.39, 0.29) is 53.6 Å². The Hall–Kier alpha value is -3.80. The van der Waals surface area contributed by atoms with Crippen LogP contribution in [0.5, 0.6) is 5.75 Å². The summed E-state index contributed by atoms with van der Waals surface area (Å²) in [6.07, 6.45) is -0.276. The van der Waals surface area contributed by atoms with Gasteiger partial charge in [0.1, 0.15) is 30.3 Å². The van der Waals surface area contributed by atoms with Crippen molar-refractivity contribution in [2.75, 3.05) is 7.11 Å². The van der Waals surface area contributed by atoms with Crippen LogP contribution in [0.15, 0.2) is 43.7 Å². The maximum atomic E-state index is 13.9. The normalized spacial score (nSPS) is 12.9. The number of aliphatic hydroxyl groups is 1. The third-order valence-corrected chi connectivity index (χ3v) is 5.24. The molecule has 1 atom stereocenters. The van der Waals surface area contributed by atoms with Crippen LogP contribution < -0.4 is 16.0 Å². The minimum absolute atomic E-state index is 0.0128. The molecular formula is C24H30FN5O6. The van der Waals surface area contributed by atoms with E-state index in [2.05, 4.69) is 15.3 Å². The van der Waals surface area contributed by atoms with Crippen molar-refractivity contribution in [2.45, 2.75) is 65.8 Å². The summed E-state index contributed by atoms with van der Waals surface area (Å²) in [5.41, 5.74) is -0.942. The maximum absolute atomic E-state index is 13.9. The Bertz CT molecular complexity index is 1360. The second-order valence-corrected chi connectivity index (χ2v) is 8.80. The fraction of sp³-hybridized carbons (Fsp3) is 0.458. The molecule has 0 aliphatic heterocycles. The van der Waals surface area contributed by atoms with E-state index in [4.69, 9.17) is 14.1 Å². The molecule has 0 aliphatic carbocycles. The van der Waals surface area contributed by atoms with Crippen molar-refractivity contribution >= 4 is 5.71 Å². The highest BCUT2D eigenvalue weighted by Crippen LogP contribution is 2.27. The van der Waals surface area contributed by atoms with Crippen LogP contribution in [0.25, 0.3) is 0 Å². The molecule has 12 heteroatoms. The average molecular weight is 504 g/mol. The van der Waals surface area contributed by atoms with Gasteiger partial charge in [0.2, 0.25) is 5.89 Å². The number of halogens is 1. The summed E-state index contributed by atoms with van der Waals surface area (Å²) in [5, 5.41) is 18.7. The summed E-state index contributed by atoms with van der Waals surface area (Å²) in [6.45, 7) is 8.29. The Labute approximate surface area is 206 Å². The van der Waals surface area contributed by atoms with Gasteiger partial charge < -0.3 is 19.2 Å². The molecule has 1 unspecified atom stereocenters. The minimum atomic E-state index is -1.33. The van der Waals surface area contributed by atoms with Crippen LogP contribution in [0.3, 0.4) is 0 Å². The molecular weight excluding hydrogens is 473 g/mol. The number of hydrogen-bond acceptors (Lipinski definition) is 9. The van der Waals surface area contributed by atoms with Crippen molar-refractivity contribution in [1.29, 1.82) is 0 Å². The van der Waals surface area contributed by atoms with Gasteiger partial charge in [-0.2, -0.15) is 4.98 Å². The molecule has 2 aromatic heterocycles. The highest BCUT2D eigenvalue weighted by Gasteiger charge is 2.21. The molecule has 3 rings (SSSR count). The van der Waals surface area contributed by atoms with Crippen molar-refractivity contribution < 1.29 is 23.6 Å². The number of methoxy groups -OCH3 is 1. The topological polar surface area (TPSA) is 134 Å². The van der Waals surface area contributed by atoms with E-state index in [1.165, 1.54) is 25.4 Å². The van der Waals surface area contributed by atoms with Crippen molar-refractivity contribution in [3.8, 4) is 5.75 Å². The van der Waals surface area contributed by atoms with E-state index in [0.717, 1.165) is 15.2 Å². The first-order chi connectivity index (χ1) is 17.0. The summed E-state index contributed by atoms with van der Waals surface area (Å²) in [7, 11) is 1.39. The van der Waals surface area contributed by atoms with Crippen LogP contribution in [-0.4, -0.2) is 43.3 Å². The predicted octanol–water partition coefficient (Wildman–Crippen LogP) is 2.60. The van der Waals surface area contributed by atoms with Crippen LogP contribution in [0.2, 0.25) is 0 Å². The van der Waals surface area contributed by atoms with Crippen molar-refractivity contribution in [3.63, 3.8) is 0 Å². The molecule has 36 heavy (non-hydrogen) atoms. The molecule has 0 fully saturated rings. The first kappa shape index (κ1) is 26.8. The van der Waals surface area contributed by atoms with E-state index in [1.807, 2.05) is 13.8 Å². The summed E-state index contributed by atoms with van der Waals surface area (Å²) < 4.78 is 26.4. The van der Waals surface area contributed by atoms with Crippen LogP contribution in [0.1, 0.15) is 69.5 Å². The number of aromatic nitrogens is 4. The number of oxime groups is 1. The monoisotopic (exact) mass is 503 g/mol. The molecule has 0 bridgehead atoms. The maximum Gasteiger partial charge on any atom is 0.331 e. The lowest BCUT2D eigenvalue weighted by Gasteiger charge is -2.18. The second-order valence-electron chi connectivity index (χ2n) is 8.80. The van der Waals surface area contributed by atoms with Gasteiger partial charge in [-0.3, -0.25) is 13.9 Å². The zero-order chi connectivity index (χ0) is 26.6. The number of ether oxygens (including phenoxy) is 1. The molecule has 194 valence electrons. The fourth-order valence-electron chi connectivity index (χ4n) is 3.36. The smallest absolute Gasteiger partial charge is 0.331 e. The predicted molar refractivity (Wildman–Crippen MR) is 129 cm³/mol. The first-order valence-corrected chi connectivity index (χ1v) is 11.4. The Balaban J connectivity index is 2.10. The fourth-order valence-corrected chi connectivity index (χ4v) is 3.36. The molecule has 1 aromatic carbocycles. The first-order valence-electron chi connectivity index (χ1n) is 11.4. The quantitative estimate of drug-likeness (QED) is 0.330. The molecule has 1 N–H and O–H groups in total. The van der Waals surface area contributed by atoms with Gasteiger partial charge in [0.25, 0.3) is 5.56 Å². The van der Waals surface area contributed by atoms with Gasteiger partial charge in [-0.15, -0.1) is 0 Å². The summed E-state index contributed by atoms with van der Waals surface area (Å²) >= 11 is 0. The van der Waals surface area contributed by atoms with Crippen LogP contribution in [0.4, 0.5) is 4.39 Å². The number of rotatable bonds is 10. The molecule has 0 spiro atoms. The van der Waals surface area contributed by atoms with Gasteiger partial charge in [-0.25, -0.2) is 9.18 Å². The van der Waals surface area contributed by atoms with Gasteiger partial charge in [0, 0.05) is 17.7 Å². The molecule has 0 saturated carbocycles. The third-order valence-electron chi connectivity index (χ3n) is 5.24. The number of nitrogens with zero attached hydrogens (tertiary/aromatic N) is 5. The molecule has 11 nitrogen and oxygen atoms in total. The van der Waals surface area contributed by atoms with Crippen LogP contribution in [-0.2, 0) is 17.9 Å². The van der Waals surface area contributed by atoms with Crippen LogP contribution >= 0.6 is 0 Å². The van der Waals surface area contributed by atoms with Crippen molar-refractivity contribution in [2.24, 2.45) is 5.16 Å². The van der Waals surface area contributed by atoms with Crippen molar-refractivity contribution in [3.05, 3.63) is 73.9 Å². The molecule has 0 saturated heterocycles. The molecule has 3 aromatic rings. The standard InChI is InChI=1S/C24H30FN5O6/c1-13(2)22-26-21(36-28-22)12-30-23(32)18(15(5)27-35-14(3)4)10-29(24(30)33)11-19(31)17-9-16(25)7-8-20(17)34-6/h7-10,13-14,19,31H,11-12H2,1-6H3/b27-15+.